The molecule has 0 aliphatic carbocycles. The number of hydrogen-bond acceptors (Lipinski definition) is 3. The minimum Gasteiger partial charge on any atom is -0.324 e. The Labute approximate surface area is 106 Å². The molecule has 0 aromatic heterocycles. The Kier molecular flexibility index (Phi) is 5.21. The summed E-state index contributed by atoms with van der Waals surface area (Å²) in [5.41, 5.74) is 1.07. The van der Waals surface area contributed by atoms with Crippen LogP contribution in [-0.2, 0) is 0 Å². The van der Waals surface area contributed by atoms with Gasteiger partial charge < -0.3 is 10.2 Å². The molecule has 0 heterocycles. The quantitative estimate of drug-likeness (QED) is 0.879. The van der Waals surface area contributed by atoms with Crippen molar-refractivity contribution >= 4 is 11.7 Å². The fourth-order valence-electron chi connectivity index (χ4n) is 1.46. The third kappa shape index (κ3) is 3.80. The molecule has 5 heteroatoms. The van der Waals surface area contributed by atoms with Gasteiger partial charge in [0, 0.05) is 18.8 Å². The van der Waals surface area contributed by atoms with E-state index in [0.717, 1.165) is 0 Å². The molecule has 92 valence electrons. The second-order valence-electron chi connectivity index (χ2n) is 3.61. The maximum absolute atomic E-state index is 11.9. The predicted molar refractivity (Wildman–Crippen MR) is 67.7 cm³/mol. The molecule has 0 atom stereocenters. The predicted octanol–water partition coefficient (Wildman–Crippen LogP) is 2.33. The van der Waals surface area contributed by atoms with E-state index in [2.05, 4.69) is 5.32 Å². The molecule has 18 heavy (non-hydrogen) atoms. The Morgan fingerprint density at radius 1 is 1.44 bits per heavy atom. The maximum atomic E-state index is 11.9. The van der Waals surface area contributed by atoms with Gasteiger partial charge in [0.2, 0.25) is 0 Å². The summed E-state index contributed by atoms with van der Waals surface area (Å²) in [6, 6.07) is 10.5. The average molecular weight is 242 g/mol. The van der Waals surface area contributed by atoms with E-state index in [1.807, 2.05) is 19.1 Å². The highest BCUT2D eigenvalue weighted by atomic mass is 16.2. The van der Waals surface area contributed by atoms with Crippen molar-refractivity contribution in [1.82, 2.24) is 4.90 Å². The molecular weight excluding hydrogens is 228 g/mol. The van der Waals surface area contributed by atoms with E-state index in [1.165, 1.54) is 0 Å². The number of carbonyl (C=O) groups is 1. The van der Waals surface area contributed by atoms with Gasteiger partial charge in [-0.25, -0.2) is 4.79 Å². The first-order valence-corrected chi connectivity index (χ1v) is 5.64. The van der Waals surface area contributed by atoms with Gasteiger partial charge in [0.1, 0.15) is 0 Å². The highest BCUT2D eigenvalue weighted by Gasteiger charge is 2.11. The van der Waals surface area contributed by atoms with Gasteiger partial charge in [0.05, 0.1) is 24.1 Å². The van der Waals surface area contributed by atoms with Crippen molar-refractivity contribution in [2.75, 3.05) is 18.4 Å². The van der Waals surface area contributed by atoms with E-state index in [-0.39, 0.29) is 6.03 Å². The zero-order valence-corrected chi connectivity index (χ0v) is 10.2. The summed E-state index contributed by atoms with van der Waals surface area (Å²) in [4.78, 5) is 13.4. The van der Waals surface area contributed by atoms with Crippen molar-refractivity contribution in [3.05, 3.63) is 29.8 Å². The fraction of sp³-hybridized carbons (Fsp3) is 0.308. The molecule has 0 radical (unpaired) electrons. The van der Waals surface area contributed by atoms with Crippen molar-refractivity contribution in [3.63, 3.8) is 0 Å². The van der Waals surface area contributed by atoms with Crippen LogP contribution in [0.15, 0.2) is 24.3 Å². The van der Waals surface area contributed by atoms with Gasteiger partial charge >= 0.3 is 6.03 Å². The van der Waals surface area contributed by atoms with Crippen LogP contribution in [0.1, 0.15) is 18.9 Å². The van der Waals surface area contributed by atoms with Crippen molar-refractivity contribution in [1.29, 1.82) is 10.5 Å². The summed E-state index contributed by atoms with van der Waals surface area (Å²) in [7, 11) is 0. The molecular formula is C13H14N4O. The number of anilines is 1. The van der Waals surface area contributed by atoms with Crippen LogP contribution >= 0.6 is 0 Å². The maximum Gasteiger partial charge on any atom is 0.321 e. The third-order valence-corrected chi connectivity index (χ3v) is 2.41. The van der Waals surface area contributed by atoms with Gasteiger partial charge in [0.25, 0.3) is 0 Å². The van der Waals surface area contributed by atoms with Gasteiger partial charge in [-0.15, -0.1) is 0 Å². The largest absolute Gasteiger partial charge is 0.324 e. The first-order valence-electron chi connectivity index (χ1n) is 5.64. The van der Waals surface area contributed by atoms with E-state index in [4.69, 9.17) is 10.5 Å². The molecule has 2 amide bonds. The van der Waals surface area contributed by atoms with Gasteiger partial charge in [-0.3, -0.25) is 0 Å². The second-order valence-corrected chi connectivity index (χ2v) is 3.61. The summed E-state index contributed by atoms with van der Waals surface area (Å²) >= 11 is 0. The third-order valence-electron chi connectivity index (χ3n) is 2.41. The van der Waals surface area contributed by atoms with Gasteiger partial charge in [0.15, 0.2) is 0 Å². The molecule has 5 nitrogen and oxygen atoms in total. The number of hydrogen-bond donors (Lipinski definition) is 1. The molecule has 1 N–H and O–H groups in total. The zero-order chi connectivity index (χ0) is 13.4. The number of nitriles is 2. The van der Waals surface area contributed by atoms with Crippen LogP contribution in [0.2, 0.25) is 0 Å². The topological polar surface area (TPSA) is 79.9 Å². The molecule has 1 aromatic rings. The number of nitrogens with one attached hydrogen (secondary N) is 1. The number of rotatable bonds is 4. The van der Waals surface area contributed by atoms with Crippen molar-refractivity contribution < 1.29 is 4.79 Å². The molecule has 0 bridgehead atoms. The van der Waals surface area contributed by atoms with E-state index >= 15 is 0 Å². The smallest absolute Gasteiger partial charge is 0.321 e. The van der Waals surface area contributed by atoms with Crippen molar-refractivity contribution in [3.8, 4) is 12.1 Å². The molecule has 0 aliphatic heterocycles. The molecule has 1 rings (SSSR count). The molecule has 1 aromatic carbocycles. The van der Waals surface area contributed by atoms with E-state index < -0.39 is 0 Å². The number of nitrogens with zero attached hydrogens (tertiary/aromatic N) is 3. The zero-order valence-electron chi connectivity index (χ0n) is 10.2. The highest BCUT2D eigenvalue weighted by molar-refractivity contribution is 5.89. The first kappa shape index (κ1) is 13.5. The van der Waals surface area contributed by atoms with E-state index in [1.54, 1.807) is 29.2 Å². The minimum absolute atomic E-state index is 0.261. The monoisotopic (exact) mass is 242 g/mol. The Morgan fingerprint density at radius 3 is 2.83 bits per heavy atom. The van der Waals surface area contributed by atoms with Crippen LogP contribution in [0.3, 0.4) is 0 Å². The Hall–Kier alpha value is -2.53. The summed E-state index contributed by atoms with van der Waals surface area (Å²) in [5, 5.41) is 20.0. The second kappa shape index (κ2) is 6.93. The SMILES string of the molecule is CCN(CCC#N)C(=O)Nc1cccc(C#N)c1. The summed E-state index contributed by atoms with van der Waals surface area (Å²) in [5.74, 6) is 0. The molecule has 0 aliphatic rings. The van der Waals surface area contributed by atoms with Crippen LogP contribution in [0.25, 0.3) is 0 Å². The minimum atomic E-state index is -0.261. The summed E-state index contributed by atoms with van der Waals surface area (Å²) in [6.45, 7) is 2.78. The van der Waals surface area contributed by atoms with Crippen molar-refractivity contribution in [2.24, 2.45) is 0 Å². The Bertz CT molecular complexity index is 498. The van der Waals surface area contributed by atoms with Crippen LogP contribution in [0, 0.1) is 22.7 Å². The van der Waals surface area contributed by atoms with Crippen molar-refractivity contribution in [2.45, 2.75) is 13.3 Å². The summed E-state index contributed by atoms with van der Waals surface area (Å²) in [6.07, 6.45) is 0.305. The summed E-state index contributed by atoms with van der Waals surface area (Å²) < 4.78 is 0. The number of benzene rings is 1. The van der Waals surface area contributed by atoms with Crippen LogP contribution < -0.4 is 5.32 Å². The number of amides is 2. The molecule has 0 saturated heterocycles. The normalized spacial score (nSPS) is 9.06. The molecule has 0 spiro atoms. The lowest BCUT2D eigenvalue weighted by atomic mass is 10.2. The Morgan fingerprint density at radius 2 is 2.22 bits per heavy atom. The lowest BCUT2D eigenvalue weighted by molar-refractivity contribution is 0.215. The van der Waals surface area contributed by atoms with Gasteiger partial charge in [-0.2, -0.15) is 10.5 Å². The highest BCUT2D eigenvalue weighted by Crippen LogP contribution is 2.10. The standard InChI is InChI=1S/C13H14N4O/c1-2-17(8-4-7-14)13(18)16-12-6-3-5-11(9-12)10-15/h3,5-6,9H,2,4,8H2,1H3,(H,16,18). The number of carbonyl (C=O) groups excluding carboxylic acids is 1. The van der Waals surface area contributed by atoms with Crippen LogP contribution in [-0.4, -0.2) is 24.0 Å². The lowest BCUT2D eigenvalue weighted by Crippen LogP contribution is -2.35. The first-order chi connectivity index (χ1) is 8.71. The average Bonchev–Trinajstić information content (AvgIpc) is 2.40. The van der Waals surface area contributed by atoms with Crippen LogP contribution in [0.5, 0.6) is 0 Å². The lowest BCUT2D eigenvalue weighted by Gasteiger charge is -2.20. The van der Waals surface area contributed by atoms with E-state index in [0.29, 0.717) is 30.8 Å². The fourth-order valence-corrected chi connectivity index (χ4v) is 1.46. The van der Waals surface area contributed by atoms with Gasteiger partial charge in [-0.1, -0.05) is 6.07 Å². The van der Waals surface area contributed by atoms with Crippen LogP contribution in [0.4, 0.5) is 10.5 Å². The molecule has 0 saturated carbocycles. The Balaban J connectivity index is 2.68. The molecule has 0 fully saturated rings. The van der Waals surface area contributed by atoms with E-state index in [9.17, 15) is 4.79 Å². The number of urea groups is 1. The molecule has 0 unspecified atom stereocenters. The van der Waals surface area contributed by atoms with Gasteiger partial charge in [-0.05, 0) is 25.1 Å².